The molecule has 98 valence electrons. The molecule has 0 fully saturated rings. The van der Waals surface area contributed by atoms with Crippen molar-refractivity contribution in [3.63, 3.8) is 0 Å². The molecule has 3 heteroatoms. The van der Waals surface area contributed by atoms with Gasteiger partial charge in [-0.25, -0.2) is 0 Å². The number of phenols is 1. The van der Waals surface area contributed by atoms with Crippen LogP contribution in [0.3, 0.4) is 0 Å². The summed E-state index contributed by atoms with van der Waals surface area (Å²) >= 11 is 7.13. The number of aromatic hydroxyl groups is 1. The van der Waals surface area contributed by atoms with E-state index in [1.54, 1.807) is 17.8 Å². The standard InChI is InChI=1S/C17H12OS2/c1-2-9-3-4-10-8-13-14(18)6-5-11-15(13)16(12(10)7-9)20-17(11)19/h3-8,18H,2H2,1H3. The number of hydrogen-bond donors (Lipinski definition) is 1. The van der Waals surface area contributed by atoms with Gasteiger partial charge in [0.2, 0.25) is 0 Å². The number of thioether (sulfide) groups is 1. The van der Waals surface area contributed by atoms with Gasteiger partial charge < -0.3 is 5.11 Å². The molecule has 0 aliphatic carbocycles. The van der Waals surface area contributed by atoms with Crippen LogP contribution in [0.25, 0.3) is 21.5 Å². The Bertz CT molecular complexity index is 897. The van der Waals surface area contributed by atoms with Crippen LogP contribution >= 0.6 is 24.0 Å². The van der Waals surface area contributed by atoms with Crippen LogP contribution in [0.1, 0.15) is 18.1 Å². The van der Waals surface area contributed by atoms with Gasteiger partial charge in [0.25, 0.3) is 0 Å². The molecule has 20 heavy (non-hydrogen) atoms. The molecule has 1 aliphatic heterocycles. The van der Waals surface area contributed by atoms with Gasteiger partial charge in [-0.05, 0) is 41.0 Å². The number of aryl methyl sites for hydroxylation is 1. The van der Waals surface area contributed by atoms with Crippen LogP contribution in [0, 0.1) is 0 Å². The predicted molar refractivity (Wildman–Crippen MR) is 90.1 cm³/mol. The first-order valence-electron chi connectivity index (χ1n) is 6.62. The molecule has 4 rings (SSSR count). The maximum atomic E-state index is 10.1. The minimum Gasteiger partial charge on any atom is -0.507 e. The van der Waals surface area contributed by atoms with Crippen LogP contribution < -0.4 is 0 Å². The minimum absolute atomic E-state index is 0.330. The Labute approximate surface area is 126 Å². The normalized spacial score (nSPS) is 13.6. The summed E-state index contributed by atoms with van der Waals surface area (Å²) in [6.45, 7) is 2.16. The molecule has 0 unspecified atom stereocenters. The molecule has 1 heterocycles. The number of thiocarbonyl (C=S) groups is 1. The lowest BCUT2D eigenvalue weighted by atomic mass is 9.98. The van der Waals surface area contributed by atoms with Crippen molar-refractivity contribution in [2.45, 2.75) is 18.2 Å². The molecular weight excluding hydrogens is 284 g/mol. The monoisotopic (exact) mass is 296 g/mol. The maximum absolute atomic E-state index is 10.1. The van der Waals surface area contributed by atoms with E-state index in [1.165, 1.54) is 15.8 Å². The summed E-state index contributed by atoms with van der Waals surface area (Å²) in [6, 6.07) is 12.3. The molecule has 1 N–H and O–H groups in total. The number of phenolic OH excluding ortho intramolecular Hbond substituents is 1. The van der Waals surface area contributed by atoms with Crippen LogP contribution in [0.4, 0.5) is 0 Å². The SMILES string of the molecule is CCc1ccc2cc3c(O)ccc4c3c(c2c1)SC4=S. The summed E-state index contributed by atoms with van der Waals surface area (Å²) in [5.74, 6) is 0.330. The fourth-order valence-corrected chi connectivity index (χ4v) is 4.35. The number of hydrogen-bond acceptors (Lipinski definition) is 3. The van der Waals surface area contributed by atoms with Gasteiger partial charge in [0.05, 0.1) is 4.20 Å². The molecule has 0 bridgehead atoms. The highest BCUT2D eigenvalue weighted by molar-refractivity contribution is 8.24. The lowest BCUT2D eigenvalue weighted by Gasteiger charge is -2.08. The third-order valence-electron chi connectivity index (χ3n) is 3.93. The Morgan fingerprint density at radius 2 is 1.95 bits per heavy atom. The highest BCUT2D eigenvalue weighted by Gasteiger charge is 2.23. The number of rotatable bonds is 1. The molecular formula is C17H12OS2. The second kappa shape index (κ2) is 4.21. The fraction of sp³-hybridized carbons (Fsp3) is 0.118. The Hall–Kier alpha value is -1.58. The summed E-state index contributed by atoms with van der Waals surface area (Å²) in [4.78, 5) is 1.20. The Balaban J connectivity index is 2.24. The van der Waals surface area contributed by atoms with E-state index < -0.39 is 0 Å². The molecule has 0 atom stereocenters. The molecule has 3 aromatic rings. The van der Waals surface area contributed by atoms with Crippen molar-refractivity contribution in [1.82, 2.24) is 0 Å². The van der Waals surface area contributed by atoms with Gasteiger partial charge >= 0.3 is 0 Å². The summed E-state index contributed by atoms with van der Waals surface area (Å²) in [5, 5.41) is 14.6. The van der Waals surface area contributed by atoms with E-state index in [0.29, 0.717) is 5.75 Å². The van der Waals surface area contributed by atoms with Crippen LogP contribution in [0.5, 0.6) is 5.75 Å². The molecule has 0 spiro atoms. The van der Waals surface area contributed by atoms with Crippen molar-refractivity contribution >= 4 is 49.7 Å². The molecule has 0 saturated carbocycles. The van der Waals surface area contributed by atoms with Crippen molar-refractivity contribution in [1.29, 1.82) is 0 Å². The van der Waals surface area contributed by atoms with E-state index in [4.69, 9.17) is 12.2 Å². The highest BCUT2D eigenvalue weighted by Crippen LogP contribution is 2.47. The maximum Gasteiger partial charge on any atom is 0.123 e. The summed E-state index contributed by atoms with van der Waals surface area (Å²) in [6.07, 6.45) is 1.02. The van der Waals surface area contributed by atoms with Gasteiger partial charge in [-0.15, -0.1) is 0 Å². The molecule has 3 aromatic carbocycles. The summed E-state index contributed by atoms with van der Waals surface area (Å²) < 4.78 is 0.902. The first-order valence-corrected chi connectivity index (χ1v) is 7.85. The van der Waals surface area contributed by atoms with E-state index in [0.717, 1.165) is 32.3 Å². The van der Waals surface area contributed by atoms with Gasteiger partial charge in [-0.1, -0.05) is 49.1 Å². The first-order chi connectivity index (χ1) is 9.69. The summed E-state index contributed by atoms with van der Waals surface area (Å²) in [7, 11) is 0. The van der Waals surface area contributed by atoms with Crippen molar-refractivity contribution in [2.75, 3.05) is 0 Å². The third kappa shape index (κ3) is 1.54. The van der Waals surface area contributed by atoms with Crippen LogP contribution in [-0.4, -0.2) is 9.30 Å². The average molecular weight is 296 g/mol. The van der Waals surface area contributed by atoms with E-state index in [1.807, 2.05) is 6.07 Å². The molecule has 1 aliphatic rings. The van der Waals surface area contributed by atoms with Crippen LogP contribution in [-0.2, 0) is 6.42 Å². The van der Waals surface area contributed by atoms with Crippen molar-refractivity contribution in [3.05, 3.63) is 47.5 Å². The van der Waals surface area contributed by atoms with Gasteiger partial charge in [0.1, 0.15) is 5.75 Å². The zero-order chi connectivity index (χ0) is 13.9. The second-order valence-electron chi connectivity index (χ2n) is 5.06. The van der Waals surface area contributed by atoms with Crippen molar-refractivity contribution in [3.8, 4) is 5.75 Å². The molecule has 1 nitrogen and oxygen atoms in total. The van der Waals surface area contributed by atoms with Crippen molar-refractivity contribution < 1.29 is 5.11 Å². The Kier molecular flexibility index (Phi) is 2.56. The van der Waals surface area contributed by atoms with Gasteiger partial charge in [0, 0.05) is 21.2 Å². The van der Waals surface area contributed by atoms with Gasteiger partial charge in [-0.3, -0.25) is 0 Å². The zero-order valence-electron chi connectivity index (χ0n) is 10.9. The molecule has 0 radical (unpaired) electrons. The smallest absolute Gasteiger partial charge is 0.123 e. The van der Waals surface area contributed by atoms with E-state index in [9.17, 15) is 5.11 Å². The van der Waals surface area contributed by atoms with E-state index in [2.05, 4.69) is 31.2 Å². The van der Waals surface area contributed by atoms with Crippen molar-refractivity contribution in [2.24, 2.45) is 0 Å². The summed E-state index contributed by atoms with van der Waals surface area (Å²) in [5.41, 5.74) is 2.41. The third-order valence-corrected chi connectivity index (χ3v) is 5.44. The van der Waals surface area contributed by atoms with E-state index >= 15 is 0 Å². The topological polar surface area (TPSA) is 20.2 Å². The highest BCUT2D eigenvalue weighted by atomic mass is 32.2. The van der Waals surface area contributed by atoms with Gasteiger partial charge in [0.15, 0.2) is 0 Å². The fourth-order valence-electron chi connectivity index (χ4n) is 2.86. The predicted octanol–water partition coefficient (Wildman–Crippen LogP) is 5.04. The molecule has 0 saturated heterocycles. The Morgan fingerprint density at radius 1 is 1.10 bits per heavy atom. The molecule has 0 amide bonds. The minimum atomic E-state index is 0.330. The Morgan fingerprint density at radius 3 is 2.75 bits per heavy atom. The van der Waals surface area contributed by atoms with Gasteiger partial charge in [-0.2, -0.15) is 0 Å². The quantitative estimate of drug-likeness (QED) is 0.501. The number of benzene rings is 3. The lowest BCUT2D eigenvalue weighted by molar-refractivity contribution is 0.481. The average Bonchev–Trinajstić information content (AvgIpc) is 2.80. The van der Waals surface area contributed by atoms with Crippen LogP contribution in [0.15, 0.2) is 41.3 Å². The largest absolute Gasteiger partial charge is 0.507 e. The lowest BCUT2D eigenvalue weighted by Crippen LogP contribution is -1.86. The molecule has 0 aromatic heterocycles. The van der Waals surface area contributed by atoms with E-state index in [-0.39, 0.29) is 0 Å². The van der Waals surface area contributed by atoms with Crippen LogP contribution in [0.2, 0.25) is 0 Å². The first kappa shape index (κ1) is 12.2. The zero-order valence-corrected chi connectivity index (χ0v) is 12.6. The number of fused-ring (bicyclic) bond motifs is 2. The second-order valence-corrected chi connectivity index (χ2v) is 6.75.